The lowest BCUT2D eigenvalue weighted by Crippen LogP contribution is -2.39. The number of aliphatic hydroxyl groups is 1. The number of aliphatic hydroxyl groups excluding tert-OH is 1. The molecule has 9 heteroatoms. The average molecular weight is 486 g/mol. The van der Waals surface area contributed by atoms with E-state index in [1.165, 1.54) is 6.33 Å². The van der Waals surface area contributed by atoms with Crippen LogP contribution in [0.2, 0.25) is 10.0 Å². The summed E-state index contributed by atoms with van der Waals surface area (Å²) in [6, 6.07) is 7.04. The van der Waals surface area contributed by atoms with Gasteiger partial charge >= 0.3 is 0 Å². The smallest absolute Gasteiger partial charge is 0.256 e. The normalized spacial score (nSPS) is 14.5. The largest absolute Gasteiger partial charge is 0.396 e. The Kier molecular flexibility index (Phi) is 7.12. The Morgan fingerprint density at radius 3 is 2.39 bits per heavy atom. The molecule has 1 amide bonds. The van der Waals surface area contributed by atoms with Gasteiger partial charge in [-0.05, 0) is 49.4 Å². The van der Waals surface area contributed by atoms with E-state index in [1.807, 2.05) is 13.0 Å². The number of carbonyl (C=O) groups excluding carboxylic acids is 1. The van der Waals surface area contributed by atoms with Crippen molar-refractivity contribution in [1.29, 1.82) is 0 Å². The highest BCUT2D eigenvalue weighted by molar-refractivity contribution is 6.40. The van der Waals surface area contributed by atoms with Crippen molar-refractivity contribution in [3.8, 4) is 22.4 Å². The number of likely N-dealkylation sites (tertiary alicyclic amines) is 1. The number of piperidine rings is 1. The molecule has 0 unspecified atom stereocenters. The van der Waals surface area contributed by atoms with E-state index >= 15 is 0 Å². The van der Waals surface area contributed by atoms with E-state index in [0.29, 0.717) is 36.6 Å². The molecule has 3 aromatic rings. The first-order valence-corrected chi connectivity index (χ1v) is 11.6. The van der Waals surface area contributed by atoms with Gasteiger partial charge in [-0.1, -0.05) is 30.1 Å². The molecule has 0 bridgehead atoms. The number of rotatable bonds is 5. The molecule has 3 heterocycles. The summed E-state index contributed by atoms with van der Waals surface area (Å²) in [5, 5.41) is 9.89. The zero-order valence-electron chi connectivity index (χ0n) is 18.3. The van der Waals surface area contributed by atoms with E-state index in [4.69, 9.17) is 28.9 Å². The van der Waals surface area contributed by atoms with E-state index in [0.717, 1.165) is 29.7 Å². The van der Waals surface area contributed by atoms with E-state index < -0.39 is 0 Å². The summed E-state index contributed by atoms with van der Waals surface area (Å²) in [7, 11) is 0. The predicted molar refractivity (Wildman–Crippen MR) is 130 cm³/mol. The molecule has 1 aliphatic rings. The summed E-state index contributed by atoms with van der Waals surface area (Å²) < 4.78 is 0. The third-order valence-electron chi connectivity index (χ3n) is 6.03. The molecule has 0 aliphatic carbocycles. The predicted octanol–water partition coefficient (Wildman–Crippen LogP) is 4.50. The Balaban J connectivity index is 1.73. The van der Waals surface area contributed by atoms with Gasteiger partial charge in [0, 0.05) is 42.6 Å². The summed E-state index contributed by atoms with van der Waals surface area (Å²) in [5.74, 6) is 0.453. The average Bonchev–Trinajstić information content (AvgIpc) is 2.83. The van der Waals surface area contributed by atoms with Crippen molar-refractivity contribution in [1.82, 2.24) is 19.9 Å². The van der Waals surface area contributed by atoms with Crippen LogP contribution >= 0.6 is 23.2 Å². The number of aryl methyl sites for hydroxylation is 1. The third-order valence-corrected chi connectivity index (χ3v) is 6.62. The van der Waals surface area contributed by atoms with Crippen molar-refractivity contribution in [2.24, 2.45) is 5.92 Å². The number of hydrogen-bond donors (Lipinski definition) is 2. The summed E-state index contributed by atoms with van der Waals surface area (Å²) in [6.45, 7) is 3.29. The van der Waals surface area contributed by atoms with E-state index in [2.05, 4.69) is 15.0 Å². The topological polar surface area (TPSA) is 105 Å². The molecule has 1 fully saturated rings. The minimum atomic E-state index is -0.201. The molecular weight excluding hydrogens is 461 g/mol. The molecule has 1 saturated heterocycles. The van der Waals surface area contributed by atoms with E-state index in [1.54, 1.807) is 29.3 Å². The highest BCUT2D eigenvalue weighted by Gasteiger charge is 2.27. The van der Waals surface area contributed by atoms with Crippen molar-refractivity contribution >= 4 is 34.9 Å². The van der Waals surface area contributed by atoms with Gasteiger partial charge in [0.05, 0.1) is 27.0 Å². The Hall–Kier alpha value is -2.74. The highest BCUT2D eigenvalue weighted by atomic mass is 35.5. The summed E-state index contributed by atoms with van der Waals surface area (Å²) in [4.78, 5) is 28.0. The van der Waals surface area contributed by atoms with Crippen LogP contribution < -0.4 is 5.73 Å². The standard InChI is InChI=1S/C24H25Cl2N5O2/c1-2-19-21(15-3-4-20(27)28-11-15)23(30-13-29-19)16-9-17(25)22(18(26)10-16)24(33)31-7-5-14(12-32)6-8-31/h3-4,9-11,13-14,32H,2,5-8,12H2,1H3,(H2,27,28). The summed E-state index contributed by atoms with van der Waals surface area (Å²) in [5.41, 5.74) is 9.89. The molecule has 1 aliphatic heterocycles. The minimum Gasteiger partial charge on any atom is -0.396 e. The number of halogens is 2. The van der Waals surface area contributed by atoms with Crippen LogP contribution in [0, 0.1) is 5.92 Å². The van der Waals surface area contributed by atoms with Crippen molar-refractivity contribution in [3.05, 3.63) is 58.1 Å². The Labute approximate surface area is 202 Å². The molecule has 0 spiro atoms. The van der Waals surface area contributed by atoms with Gasteiger partial charge in [0.1, 0.15) is 12.1 Å². The number of nitrogens with zero attached hydrogens (tertiary/aromatic N) is 4. The maximum Gasteiger partial charge on any atom is 0.256 e. The van der Waals surface area contributed by atoms with Crippen molar-refractivity contribution < 1.29 is 9.90 Å². The Morgan fingerprint density at radius 1 is 1.12 bits per heavy atom. The first kappa shape index (κ1) is 23.4. The van der Waals surface area contributed by atoms with Crippen LogP contribution in [-0.2, 0) is 6.42 Å². The quantitative estimate of drug-likeness (QED) is 0.550. The zero-order chi connectivity index (χ0) is 23.5. The molecule has 7 nitrogen and oxygen atoms in total. The van der Waals surface area contributed by atoms with Gasteiger partial charge in [-0.2, -0.15) is 0 Å². The van der Waals surface area contributed by atoms with Crippen LogP contribution in [0.25, 0.3) is 22.4 Å². The van der Waals surface area contributed by atoms with Crippen molar-refractivity contribution in [2.75, 3.05) is 25.4 Å². The van der Waals surface area contributed by atoms with Crippen molar-refractivity contribution in [2.45, 2.75) is 26.2 Å². The number of anilines is 1. The molecular formula is C24H25Cl2N5O2. The van der Waals surface area contributed by atoms with E-state index in [9.17, 15) is 9.90 Å². The number of pyridine rings is 1. The van der Waals surface area contributed by atoms with Gasteiger partial charge in [-0.15, -0.1) is 0 Å². The molecule has 0 saturated carbocycles. The van der Waals surface area contributed by atoms with Crippen LogP contribution in [0.4, 0.5) is 5.82 Å². The van der Waals surface area contributed by atoms with Crippen LogP contribution in [0.5, 0.6) is 0 Å². The second kappa shape index (κ2) is 10.0. The number of nitrogens with two attached hydrogens (primary N) is 1. The lowest BCUT2D eigenvalue weighted by Gasteiger charge is -2.31. The van der Waals surface area contributed by atoms with Gasteiger partial charge in [0.25, 0.3) is 5.91 Å². The number of benzene rings is 1. The van der Waals surface area contributed by atoms with Gasteiger partial charge in [0.15, 0.2) is 0 Å². The van der Waals surface area contributed by atoms with Gasteiger partial charge in [-0.3, -0.25) is 4.79 Å². The molecule has 33 heavy (non-hydrogen) atoms. The Bertz CT molecular complexity index is 1140. The highest BCUT2D eigenvalue weighted by Crippen LogP contribution is 2.37. The zero-order valence-corrected chi connectivity index (χ0v) is 19.8. The molecule has 3 N–H and O–H groups in total. The number of aromatic nitrogens is 3. The molecule has 2 aromatic heterocycles. The van der Waals surface area contributed by atoms with Gasteiger partial charge in [0.2, 0.25) is 0 Å². The molecule has 0 radical (unpaired) electrons. The van der Waals surface area contributed by atoms with Crippen LogP contribution in [0.3, 0.4) is 0 Å². The van der Waals surface area contributed by atoms with Crippen LogP contribution in [-0.4, -0.2) is 50.6 Å². The van der Waals surface area contributed by atoms with Gasteiger partial charge in [-0.25, -0.2) is 15.0 Å². The molecule has 0 atom stereocenters. The summed E-state index contributed by atoms with van der Waals surface area (Å²) >= 11 is 13.2. The second-order valence-corrected chi connectivity index (χ2v) is 8.92. The fourth-order valence-electron chi connectivity index (χ4n) is 4.16. The third kappa shape index (κ3) is 4.81. The fourth-order valence-corrected chi connectivity index (χ4v) is 4.81. The first-order chi connectivity index (χ1) is 15.9. The van der Waals surface area contributed by atoms with Crippen LogP contribution in [0.15, 0.2) is 36.8 Å². The Morgan fingerprint density at radius 2 is 1.82 bits per heavy atom. The maximum absolute atomic E-state index is 13.2. The van der Waals surface area contributed by atoms with Crippen LogP contribution in [0.1, 0.15) is 35.8 Å². The maximum atomic E-state index is 13.2. The van der Waals surface area contributed by atoms with Crippen molar-refractivity contribution in [3.63, 3.8) is 0 Å². The number of hydrogen-bond acceptors (Lipinski definition) is 6. The SMILES string of the molecule is CCc1ncnc(-c2cc(Cl)c(C(=O)N3CCC(CO)CC3)c(Cl)c2)c1-c1ccc(N)nc1. The fraction of sp³-hybridized carbons (Fsp3) is 0.333. The second-order valence-electron chi connectivity index (χ2n) is 8.10. The number of amides is 1. The van der Waals surface area contributed by atoms with Gasteiger partial charge < -0.3 is 15.7 Å². The lowest BCUT2D eigenvalue weighted by atomic mass is 9.96. The number of carbonyl (C=O) groups is 1. The molecule has 4 rings (SSSR count). The first-order valence-electron chi connectivity index (χ1n) is 10.9. The molecule has 172 valence electrons. The summed E-state index contributed by atoms with van der Waals surface area (Å²) in [6.07, 6.45) is 5.41. The molecule has 1 aromatic carbocycles. The lowest BCUT2D eigenvalue weighted by molar-refractivity contribution is 0.0651. The minimum absolute atomic E-state index is 0.142. The van der Waals surface area contributed by atoms with E-state index in [-0.39, 0.29) is 34.0 Å². The number of nitrogen functional groups attached to an aromatic ring is 1. The monoisotopic (exact) mass is 485 g/mol.